The zero-order chi connectivity index (χ0) is 13.1. The molecule has 1 aliphatic rings. The van der Waals surface area contributed by atoms with Crippen molar-refractivity contribution in [3.63, 3.8) is 0 Å². The molecule has 0 saturated heterocycles. The van der Waals surface area contributed by atoms with Crippen LogP contribution in [0.5, 0.6) is 0 Å². The molecule has 108 valence electrons. The molecule has 1 fully saturated rings. The van der Waals surface area contributed by atoms with E-state index in [9.17, 15) is 0 Å². The molecule has 0 spiro atoms. The first kappa shape index (κ1) is 15.9. The maximum atomic E-state index is 5.29. The third kappa shape index (κ3) is 7.31. The molecule has 2 N–H and O–H groups in total. The number of nitrogens with one attached hydrogen (secondary N) is 2. The Labute approximate surface area is 112 Å². The standard InChI is InChI=1S/C14H30N2O2/c1-17-12-14(18-2)11-15-9-6-10-16-13-7-4-3-5-8-13/h13-16H,3-12H2,1-2H3. The molecule has 1 unspecified atom stereocenters. The number of hydrogen-bond donors (Lipinski definition) is 2. The topological polar surface area (TPSA) is 42.5 Å². The summed E-state index contributed by atoms with van der Waals surface area (Å²) >= 11 is 0. The van der Waals surface area contributed by atoms with Gasteiger partial charge in [-0.25, -0.2) is 0 Å². The predicted octanol–water partition coefficient (Wildman–Crippen LogP) is 1.55. The predicted molar refractivity (Wildman–Crippen MR) is 75.0 cm³/mol. The SMILES string of the molecule is COCC(CNCCCNC1CCCCC1)OC. The minimum atomic E-state index is 0.168. The van der Waals surface area contributed by atoms with E-state index in [2.05, 4.69) is 10.6 Å². The molecule has 0 amide bonds. The lowest BCUT2D eigenvalue weighted by molar-refractivity contribution is 0.0290. The van der Waals surface area contributed by atoms with Gasteiger partial charge in [0.1, 0.15) is 0 Å². The lowest BCUT2D eigenvalue weighted by atomic mass is 9.95. The third-order valence-corrected chi connectivity index (χ3v) is 3.63. The van der Waals surface area contributed by atoms with Crippen LogP contribution in [0, 0.1) is 0 Å². The van der Waals surface area contributed by atoms with Gasteiger partial charge in [-0.15, -0.1) is 0 Å². The molecular weight excluding hydrogens is 228 g/mol. The van der Waals surface area contributed by atoms with E-state index in [0.717, 1.165) is 25.7 Å². The first-order valence-corrected chi connectivity index (χ1v) is 7.32. The van der Waals surface area contributed by atoms with Crippen LogP contribution in [0.15, 0.2) is 0 Å². The van der Waals surface area contributed by atoms with Crippen LogP contribution in [-0.2, 0) is 9.47 Å². The molecule has 1 aliphatic carbocycles. The van der Waals surface area contributed by atoms with E-state index in [1.807, 2.05) is 0 Å². The van der Waals surface area contributed by atoms with Crippen LogP contribution < -0.4 is 10.6 Å². The van der Waals surface area contributed by atoms with Crippen molar-refractivity contribution in [1.82, 2.24) is 10.6 Å². The number of rotatable bonds is 10. The van der Waals surface area contributed by atoms with Gasteiger partial charge in [0.25, 0.3) is 0 Å². The second-order valence-electron chi connectivity index (χ2n) is 5.16. The molecular formula is C14H30N2O2. The summed E-state index contributed by atoms with van der Waals surface area (Å²) in [5.74, 6) is 0. The van der Waals surface area contributed by atoms with Gasteiger partial charge in [0.05, 0.1) is 12.7 Å². The zero-order valence-corrected chi connectivity index (χ0v) is 12.0. The summed E-state index contributed by atoms with van der Waals surface area (Å²) < 4.78 is 10.4. The number of methoxy groups -OCH3 is 2. The maximum absolute atomic E-state index is 5.29. The fourth-order valence-corrected chi connectivity index (χ4v) is 2.49. The van der Waals surface area contributed by atoms with Gasteiger partial charge in [0.15, 0.2) is 0 Å². The molecule has 0 radical (unpaired) electrons. The first-order valence-electron chi connectivity index (χ1n) is 7.32. The summed E-state index contributed by atoms with van der Waals surface area (Å²) in [5, 5.41) is 7.07. The number of ether oxygens (including phenoxy) is 2. The molecule has 0 heterocycles. The minimum absolute atomic E-state index is 0.168. The summed E-state index contributed by atoms with van der Waals surface area (Å²) in [4.78, 5) is 0. The van der Waals surface area contributed by atoms with Crippen molar-refractivity contribution < 1.29 is 9.47 Å². The third-order valence-electron chi connectivity index (χ3n) is 3.63. The van der Waals surface area contributed by atoms with Gasteiger partial charge >= 0.3 is 0 Å². The largest absolute Gasteiger partial charge is 0.382 e. The molecule has 4 nitrogen and oxygen atoms in total. The van der Waals surface area contributed by atoms with Crippen LogP contribution in [0.4, 0.5) is 0 Å². The summed E-state index contributed by atoms with van der Waals surface area (Å²) in [7, 11) is 3.44. The first-order chi connectivity index (χ1) is 8.86. The van der Waals surface area contributed by atoms with Gasteiger partial charge in [-0.1, -0.05) is 19.3 Å². The molecule has 1 saturated carbocycles. The monoisotopic (exact) mass is 258 g/mol. The molecule has 0 aromatic carbocycles. The van der Waals surface area contributed by atoms with Gasteiger partial charge in [0, 0.05) is 26.8 Å². The summed E-state index contributed by atoms with van der Waals surface area (Å²) in [6.07, 6.45) is 8.32. The van der Waals surface area contributed by atoms with Crippen molar-refractivity contribution in [1.29, 1.82) is 0 Å². The molecule has 1 rings (SSSR count). The van der Waals surface area contributed by atoms with Crippen LogP contribution in [0.3, 0.4) is 0 Å². The molecule has 0 aromatic rings. The smallest absolute Gasteiger partial charge is 0.0928 e. The van der Waals surface area contributed by atoms with Crippen LogP contribution in [0.2, 0.25) is 0 Å². The van der Waals surface area contributed by atoms with Crippen LogP contribution in [-0.4, -0.2) is 52.6 Å². The molecule has 18 heavy (non-hydrogen) atoms. The Bertz CT molecular complexity index is 176. The van der Waals surface area contributed by atoms with Crippen molar-refractivity contribution >= 4 is 0 Å². The lowest BCUT2D eigenvalue weighted by Crippen LogP contribution is -2.35. The lowest BCUT2D eigenvalue weighted by Gasteiger charge is -2.23. The van der Waals surface area contributed by atoms with E-state index in [0.29, 0.717) is 6.61 Å². The highest BCUT2D eigenvalue weighted by molar-refractivity contribution is 4.71. The Kier molecular flexibility index (Phi) is 9.48. The van der Waals surface area contributed by atoms with Crippen molar-refractivity contribution in [3.05, 3.63) is 0 Å². The van der Waals surface area contributed by atoms with E-state index in [-0.39, 0.29) is 6.10 Å². The van der Waals surface area contributed by atoms with Gasteiger partial charge in [-0.05, 0) is 32.4 Å². The molecule has 1 atom stereocenters. The van der Waals surface area contributed by atoms with E-state index in [1.54, 1.807) is 14.2 Å². The average Bonchev–Trinajstić information content (AvgIpc) is 2.42. The van der Waals surface area contributed by atoms with Gasteiger partial charge in [-0.3, -0.25) is 0 Å². The fourth-order valence-electron chi connectivity index (χ4n) is 2.49. The summed E-state index contributed by atoms with van der Waals surface area (Å²) in [6, 6.07) is 0.777. The highest BCUT2D eigenvalue weighted by Gasteiger charge is 2.11. The second kappa shape index (κ2) is 10.7. The maximum Gasteiger partial charge on any atom is 0.0928 e. The van der Waals surface area contributed by atoms with Crippen molar-refractivity contribution in [2.45, 2.75) is 50.7 Å². The highest BCUT2D eigenvalue weighted by atomic mass is 16.5. The van der Waals surface area contributed by atoms with E-state index in [1.165, 1.54) is 38.5 Å². The normalized spacial score (nSPS) is 19.0. The zero-order valence-electron chi connectivity index (χ0n) is 12.0. The Morgan fingerprint density at radius 1 is 1.11 bits per heavy atom. The van der Waals surface area contributed by atoms with Crippen LogP contribution in [0.1, 0.15) is 38.5 Å². The molecule has 0 bridgehead atoms. The van der Waals surface area contributed by atoms with E-state index in [4.69, 9.17) is 9.47 Å². The summed E-state index contributed by atoms with van der Waals surface area (Å²) in [6.45, 7) is 3.69. The van der Waals surface area contributed by atoms with Crippen molar-refractivity contribution in [2.24, 2.45) is 0 Å². The molecule has 0 aliphatic heterocycles. The van der Waals surface area contributed by atoms with Crippen LogP contribution in [0.25, 0.3) is 0 Å². The van der Waals surface area contributed by atoms with Gasteiger partial charge in [0.2, 0.25) is 0 Å². The molecule has 4 heteroatoms. The Balaban J connectivity index is 1.88. The van der Waals surface area contributed by atoms with E-state index >= 15 is 0 Å². The number of hydrogen-bond acceptors (Lipinski definition) is 4. The second-order valence-corrected chi connectivity index (χ2v) is 5.16. The summed E-state index contributed by atoms with van der Waals surface area (Å²) in [5.41, 5.74) is 0. The average molecular weight is 258 g/mol. The Hall–Kier alpha value is -0.160. The minimum Gasteiger partial charge on any atom is -0.382 e. The van der Waals surface area contributed by atoms with Crippen molar-refractivity contribution in [2.75, 3.05) is 40.5 Å². The van der Waals surface area contributed by atoms with Gasteiger partial charge in [-0.2, -0.15) is 0 Å². The molecule has 0 aromatic heterocycles. The quantitative estimate of drug-likeness (QED) is 0.584. The fraction of sp³-hybridized carbons (Fsp3) is 1.00. The van der Waals surface area contributed by atoms with Crippen LogP contribution >= 0.6 is 0 Å². The van der Waals surface area contributed by atoms with Gasteiger partial charge < -0.3 is 20.1 Å². The van der Waals surface area contributed by atoms with Crippen molar-refractivity contribution in [3.8, 4) is 0 Å². The Morgan fingerprint density at radius 3 is 2.56 bits per heavy atom. The van der Waals surface area contributed by atoms with E-state index < -0.39 is 0 Å². The highest BCUT2D eigenvalue weighted by Crippen LogP contribution is 2.16. The Morgan fingerprint density at radius 2 is 1.89 bits per heavy atom.